The number of carbonyl (C=O) groups excluding carboxylic acids is 1. The molecule has 1 amide bonds. The monoisotopic (exact) mass is 317 g/mol. The predicted octanol–water partition coefficient (Wildman–Crippen LogP) is 1.92. The number of carbonyl (C=O) groups is 1. The molecule has 0 saturated carbocycles. The van der Waals surface area contributed by atoms with Crippen LogP contribution in [0.5, 0.6) is 5.75 Å². The minimum absolute atomic E-state index is 0.00490. The van der Waals surface area contributed by atoms with Gasteiger partial charge < -0.3 is 9.64 Å². The van der Waals surface area contributed by atoms with Gasteiger partial charge in [0.15, 0.2) is 6.61 Å². The molecule has 5 nitrogen and oxygen atoms in total. The highest BCUT2D eigenvalue weighted by Crippen LogP contribution is 2.24. The molecule has 1 saturated heterocycles. The molecule has 0 unspecified atom stereocenters. The molecule has 0 aliphatic carbocycles. The molecular formula is C13H16ClNO4S. The lowest BCUT2D eigenvalue weighted by Crippen LogP contribution is -2.32. The molecule has 0 spiro atoms. The molecule has 2 rings (SSSR count). The van der Waals surface area contributed by atoms with Gasteiger partial charge in [-0.1, -0.05) is 6.07 Å². The first-order valence-electron chi connectivity index (χ1n) is 6.34. The highest BCUT2D eigenvalue weighted by atomic mass is 35.7. The molecule has 0 atom stereocenters. The Morgan fingerprint density at radius 1 is 1.35 bits per heavy atom. The second-order valence-electron chi connectivity index (χ2n) is 4.74. The van der Waals surface area contributed by atoms with Crippen LogP contribution < -0.4 is 4.74 Å². The molecular weight excluding hydrogens is 302 g/mol. The number of benzene rings is 1. The van der Waals surface area contributed by atoms with Crippen molar-refractivity contribution in [1.29, 1.82) is 0 Å². The molecule has 1 heterocycles. The van der Waals surface area contributed by atoms with E-state index in [0.717, 1.165) is 25.9 Å². The maximum Gasteiger partial charge on any atom is 0.261 e. The van der Waals surface area contributed by atoms with E-state index in [1.807, 2.05) is 0 Å². The first-order valence-corrected chi connectivity index (χ1v) is 8.65. The standard InChI is InChI=1S/C13H16ClNO4S/c1-10-4-5-11(8-12(10)20(14,17)18)19-9-13(16)15-6-2-3-7-15/h4-5,8H,2-3,6-7,9H2,1H3. The van der Waals surface area contributed by atoms with Crippen LogP contribution in [-0.2, 0) is 13.8 Å². The van der Waals surface area contributed by atoms with Gasteiger partial charge in [0.25, 0.3) is 15.0 Å². The summed E-state index contributed by atoms with van der Waals surface area (Å²) in [5, 5.41) is 0. The van der Waals surface area contributed by atoms with Crippen LogP contribution in [0.4, 0.5) is 0 Å². The van der Waals surface area contributed by atoms with Crippen LogP contribution in [0.1, 0.15) is 18.4 Å². The maximum atomic E-state index is 11.8. The summed E-state index contributed by atoms with van der Waals surface area (Å²) in [6, 6.07) is 4.57. The summed E-state index contributed by atoms with van der Waals surface area (Å²) in [6.07, 6.45) is 2.04. The summed E-state index contributed by atoms with van der Waals surface area (Å²) in [4.78, 5) is 13.6. The fourth-order valence-corrected chi connectivity index (χ4v) is 3.34. The van der Waals surface area contributed by atoms with Gasteiger partial charge in [-0.2, -0.15) is 0 Å². The number of rotatable bonds is 4. The molecule has 1 aromatic carbocycles. The Hall–Kier alpha value is -1.27. The van der Waals surface area contributed by atoms with E-state index in [-0.39, 0.29) is 17.4 Å². The van der Waals surface area contributed by atoms with E-state index in [9.17, 15) is 13.2 Å². The number of amides is 1. The summed E-state index contributed by atoms with van der Waals surface area (Å²) in [7, 11) is 1.53. The number of aryl methyl sites for hydroxylation is 1. The van der Waals surface area contributed by atoms with Crippen LogP contribution in [0.25, 0.3) is 0 Å². The maximum absolute atomic E-state index is 11.8. The van der Waals surface area contributed by atoms with Crippen LogP contribution in [0.2, 0.25) is 0 Å². The van der Waals surface area contributed by atoms with Crippen LogP contribution in [-0.4, -0.2) is 38.9 Å². The minimum Gasteiger partial charge on any atom is -0.484 e. The number of hydrogen-bond donors (Lipinski definition) is 0. The molecule has 0 aromatic heterocycles. The Morgan fingerprint density at radius 3 is 2.60 bits per heavy atom. The molecule has 1 aromatic rings. The lowest BCUT2D eigenvalue weighted by molar-refractivity contribution is -0.132. The van der Waals surface area contributed by atoms with Crippen LogP contribution in [0, 0.1) is 6.92 Å². The average molecular weight is 318 g/mol. The molecule has 7 heteroatoms. The van der Waals surface area contributed by atoms with Gasteiger partial charge in [-0.25, -0.2) is 8.42 Å². The normalized spacial score (nSPS) is 15.4. The number of halogens is 1. The van der Waals surface area contributed by atoms with Crippen molar-refractivity contribution in [3.05, 3.63) is 23.8 Å². The van der Waals surface area contributed by atoms with Gasteiger partial charge in [0.1, 0.15) is 5.75 Å². The third kappa shape index (κ3) is 3.64. The Kier molecular flexibility index (Phi) is 4.55. The molecule has 0 N–H and O–H groups in total. The number of likely N-dealkylation sites (tertiary alicyclic amines) is 1. The van der Waals surface area contributed by atoms with E-state index in [1.54, 1.807) is 24.0 Å². The van der Waals surface area contributed by atoms with E-state index >= 15 is 0 Å². The zero-order valence-corrected chi connectivity index (χ0v) is 12.7. The van der Waals surface area contributed by atoms with Gasteiger partial charge in [-0.05, 0) is 31.4 Å². The second-order valence-corrected chi connectivity index (χ2v) is 7.28. The average Bonchev–Trinajstić information content (AvgIpc) is 2.90. The highest BCUT2D eigenvalue weighted by molar-refractivity contribution is 8.13. The van der Waals surface area contributed by atoms with E-state index in [1.165, 1.54) is 6.07 Å². The van der Waals surface area contributed by atoms with Crippen molar-refractivity contribution in [2.45, 2.75) is 24.7 Å². The largest absolute Gasteiger partial charge is 0.484 e. The first kappa shape index (κ1) is 15.1. The van der Waals surface area contributed by atoms with E-state index < -0.39 is 9.05 Å². The fraction of sp³-hybridized carbons (Fsp3) is 0.462. The number of ether oxygens (including phenoxy) is 1. The van der Waals surface area contributed by atoms with E-state index in [2.05, 4.69) is 0 Å². The van der Waals surface area contributed by atoms with Crippen molar-refractivity contribution in [3.8, 4) is 5.75 Å². The fourth-order valence-electron chi connectivity index (χ4n) is 2.14. The van der Waals surface area contributed by atoms with Crippen LogP contribution in [0.3, 0.4) is 0 Å². The smallest absolute Gasteiger partial charge is 0.261 e. The van der Waals surface area contributed by atoms with Gasteiger partial charge in [-0.3, -0.25) is 4.79 Å². The summed E-state index contributed by atoms with van der Waals surface area (Å²) in [6.45, 7) is 3.08. The zero-order valence-electron chi connectivity index (χ0n) is 11.1. The minimum atomic E-state index is -3.81. The third-order valence-electron chi connectivity index (χ3n) is 3.24. The van der Waals surface area contributed by atoms with Crippen LogP contribution in [0.15, 0.2) is 23.1 Å². The van der Waals surface area contributed by atoms with E-state index in [0.29, 0.717) is 11.3 Å². The van der Waals surface area contributed by atoms with Gasteiger partial charge >= 0.3 is 0 Å². The van der Waals surface area contributed by atoms with Crippen molar-refractivity contribution in [1.82, 2.24) is 4.90 Å². The molecule has 20 heavy (non-hydrogen) atoms. The van der Waals surface area contributed by atoms with E-state index in [4.69, 9.17) is 15.4 Å². The second kappa shape index (κ2) is 6.01. The summed E-state index contributed by atoms with van der Waals surface area (Å²) >= 11 is 0. The van der Waals surface area contributed by atoms with Gasteiger partial charge in [0, 0.05) is 29.8 Å². The topological polar surface area (TPSA) is 63.7 Å². The number of hydrogen-bond acceptors (Lipinski definition) is 4. The lowest BCUT2D eigenvalue weighted by Gasteiger charge is -2.15. The van der Waals surface area contributed by atoms with Crippen molar-refractivity contribution in [3.63, 3.8) is 0 Å². The molecule has 0 radical (unpaired) electrons. The van der Waals surface area contributed by atoms with Crippen molar-refractivity contribution >= 4 is 25.6 Å². The van der Waals surface area contributed by atoms with Gasteiger partial charge in [-0.15, -0.1) is 0 Å². The molecule has 1 fully saturated rings. The van der Waals surface area contributed by atoms with Crippen molar-refractivity contribution < 1.29 is 17.9 Å². The zero-order chi connectivity index (χ0) is 14.8. The Balaban J connectivity index is 2.05. The first-order chi connectivity index (χ1) is 9.38. The Labute approximate surface area is 122 Å². The molecule has 110 valence electrons. The predicted molar refractivity (Wildman–Crippen MR) is 75.5 cm³/mol. The van der Waals surface area contributed by atoms with Gasteiger partial charge in [0.2, 0.25) is 0 Å². The SMILES string of the molecule is Cc1ccc(OCC(=O)N2CCCC2)cc1S(=O)(=O)Cl. The van der Waals surface area contributed by atoms with Crippen molar-refractivity contribution in [2.75, 3.05) is 19.7 Å². The summed E-state index contributed by atoms with van der Waals surface area (Å²) in [5.41, 5.74) is 0.540. The molecule has 0 bridgehead atoms. The van der Waals surface area contributed by atoms with Crippen molar-refractivity contribution in [2.24, 2.45) is 0 Å². The Morgan fingerprint density at radius 2 is 2.00 bits per heavy atom. The molecule has 1 aliphatic heterocycles. The van der Waals surface area contributed by atoms with Gasteiger partial charge in [0.05, 0.1) is 4.90 Å². The van der Waals surface area contributed by atoms with Crippen LogP contribution >= 0.6 is 10.7 Å². The quantitative estimate of drug-likeness (QED) is 0.796. The number of nitrogens with zero attached hydrogens (tertiary/aromatic N) is 1. The summed E-state index contributed by atoms with van der Waals surface area (Å²) in [5.74, 6) is 0.237. The highest BCUT2D eigenvalue weighted by Gasteiger charge is 2.19. The third-order valence-corrected chi connectivity index (χ3v) is 4.71. The molecule has 1 aliphatic rings. The summed E-state index contributed by atoms with van der Waals surface area (Å²) < 4.78 is 28.1. The Bertz CT molecular complexity index is 609. The lowest BCUT2D eigenvalue weighted by atomic mass is 10.2.